The van der Waals surface area contributed by atoms with E-state index in [9.17, 15) is 9.18 Å². The highest BCUT2D eigenvalue weighted by molar-refractivity contribution is 5.77. The molecule has 1 amide bonds. The molecule has 0 aliphatic heterocycles. The average Bonchev–Trinajstić information content (AvgIpc) is 2.33. The van der Waals surface area contributed by atoms with Crippen LogP contribution in [0.5, 0.6) is 5.75 Å². The largest absolute Gasteiger partial charge is 0.484 e. The van der Waals surface area contributed by atoms with Gasteiger partial charge in [-0.15, -0.1) is 0 Å². The van der Waals surface area contributed by atoms with Crippen molar-refractivity contribution in [2.45, 2.75) is 20.4 Å². The molecule has 106 valence electrons. The molecule has 0 fully saturated rings. The van der Waals surface area contributed by atoms with Crippen LogP contribution in [0, 0.1) is 11.7 Å². The Balaban J connectivity index is 2.50. The van der Waals surface area contributed by atoms with Crippen molar-refractivity contribution in [2.75, 3.05) is 20.2 Å². The molecule has 0 bridgehead atoms. The Hall–Kier alpha value is -1.62. The lowest BCUT2D eigenvalue weighted by atomic mass is 10.2. The maximum Gasteiger partial charge on any atom is 0.257 e. The van der Waals surface area contributed by atoms with Gasteiger partial charge in [-0.05, 0) is 30.7 Å². The average molecular weight is 268 g/mol. The van der Waals surface area contributed by atoms with E-state index in [1.54, 1.807) is 13.1 Å². The lowest BCUT2D eigenvalue weighted by molar-refractivity contribution is -0.123. The molecule has 19 heavy (non-hydrogen) atoms. The van der Waals surface area contributed by atoms with Crippen LogP contribution in [-0.4, -0.2) is 26.1 Å². The topological polar surface area (TPSA) is 50.4 Å². The van der Waals surface area contributed by atoms with Crippen LogP contribution >= 0.6 is 0 Å². The molecule has 0 aliphatic carbocycles. The quantitative estimate of drug-likeness (QED) is 0.791. The molecule has 1 aromatic carbocycles. The van der Waals surface area contributed by atoms with Gasteiger partial charge in [-0.1, -0.05) is 13.8 Å². The van der Waals surface area contributed by atoms with Crippen molar-refractivity contribution in [1.29, 1.82) is 0 Å². The van der Waals surface area contributed by atoms with Crippen molar-refractivity contribution in [1.82, 2.24) is 10.6 Å². The SMILES string of the molecule is CNCc1cc(F)cc(OCC(=O)NCC(C)C)c1. The van der Waals surface area contributed by atoms with Gasteiger partial charge >= 0.3 is 0 Å². The van der Waals surface area contributed by atoms with Crippen LogP contribution in [0.1, 0.15) is 19.4 Å². The number of rotatable bonds is 7. The number of benzene rings is 1. The van der Waals surface area contributed by atoms with Crippen molar-refractivity contribution in [2.24, 2.45) is 5.92 Å². The van der Waals surface area contributed by atoms with Gasteiger partial charge in [0.05, 0.1) is 0 Å². The maximum atomic E-state index is 13.3. The standard InChI is InChI=1S/C14H21FN2O2/c1-10(2)7-17-14(18)9-19-13-5-11(8-16-3)4-12(15)6-13/h4-6,10,16H,7-9H2,1-3H3,(H,17,18). The van der Waals surface area contributed by atoms with Gasteiger partial charge in [-0.3, -0.25) is 4.79 Å². The Morgan fingerprint density at radius 3 is 2.74 bits per heavy atom. The lowest BCUT2D eigenvalue weighted by Gasteiger charge is -2.10. The third-order valence-electron chi connectivity index (χ3n) is 2.39. The maximum absolute atomic E-state index is 13.3. The molecule has 5 heteroatoms. The highest BCUT2D eigenvalue weighted by Crippen LogP contribution is 2.16. The molecule has 0 aliphatic rings. The zero-order chi connectivity index (χ0) is 14.3. The number of ether oxygens (including phenoxy) is 1. The van der Waals surface area contributed by atoms with E-state index in [1.807, 2.05) is 13.8 Å². The first-order valence-electron chi connectivity index (χ1n) is 6.35. The zero-order valence-electron chi connectivity index (χ0n) is 11.6. The van der Waals surface area contributed by atoms with Crippen LogP contribution < -0.4 is 15.4 Å². The Kier molecular flexibility index (Phi) is 6.29. The predicted molar refractivity (Wildman–Crippen MR) is 72.5 cm³/mol. The summed E-state index contributed by atoms with van der Waals surface area (Å²) >= 11 is 0. The molecule has 0 radical (unpaired) electrons. The van der Waals surface area contributed by atoms with E-state index in [0.29, 0.717) is 24.8 Å². The minimum atomic E-state index is -0.370. The van der Waals surface area contributed by atoms with Gasteiger partial charge in [0, 0.05) is 19.2 Å². The molecule has 0 saturated carbocycles. The summed E-state index contributed by atoms with van der Waals surface area (Å²) in [5.74, 6) is 0.184. The predicted octanol–water partition coefficient (Wildman–Crippen LogP) is 1.70. The Labute approximate surface area is 113 Å². The third kappa shape index (κ3) is 6.20. The second-order valence-electron chi connectivity index (χ2n) is 4.81. The summed E-state index contributed by atoms with van der Waals surface area (Å²) in [6.07, 6.45) is 0. The molecule has 0 saturated heterocycles. The van der Waals surface area contributed by atoms with E-state index in [1.165, 1.54) is 12.1 Å². The summed E-state index contributed by atoms with van der Waals surface area (Å²) < 4.78 is 18.6. The number of carbonyl (C=O) groups is 1. The zero-order valence-corrected chi connectivity index (χ0v) is 11.6. The monoisotopic (exact) mass is 268 g/mol. The number of hydrogen-bond acceptors (Lipinski definition) is 3. The van der Waals surface area contributed by atoms with Crippen molar-refractivity contribution >= 4 is 5.91 Å². The fourth-order valence-electron chi connectivity index (χ4n) is 1.53. The van der Waals surface area contributed by atoms with Gasteiger partial charge in [0.15, 0.2) is 6.61 Å². The molecule has 1 rings (SSSR count). The molecule has 0 aromatic heterocycles. The van der Waals surface area contributed by atoms with Gasteiger partial charge in [0.2, 0.25) is 0 Å². The summed E-state index contributed by atoms with van der Waals surface area (Å²) in [7, 11) is 1.78. The number of nitrogens with one attached hydrogen (secondary N) is 2. The van der Waals surface area contributed by atoms with Gasteiger partial charge in [0.25, 0.3) is 5.91 Å². The molecule has 0 spiro atoms. The Morgan fingerprint density at radius 2 is 2.11 bits per heavy atom. The number of halogens is 1. The molecular weight excluding hydrogens is 247 g/mol. The van der Waals surface area contributed by atoms with Crippen LogP contribution in [-0.2, 0) is 11.3 Å². The van der Waals surface area contributed by atoms with E-state index in [2.05, 4.69) is 10.6 Å². The van der Waals surface area contributed by atoms with Crippen LogP contribution in [0.3, 0.4) is 0 Å². The minimum Gasteiger partial charge on any atom is -0.484 e. The van der Waals surface area contributed by atoms with E-state index in [4.69, 9.17) is 4.74 Å². The second kappa shape index (κ2) is 7.74. The molecule has 0 heterocycles. The first-order chi connectivity index (χ1) is 9.01. The first kappa shape index (κ1) is 15.4. The summed E-state index contributed by atoms with van der Waals surface area (Å²) in [5, 5.41) is 5.67. The Morgan fingerprint density at radius 1 is 1.37 bits per heavy atom. The van der Waals surface area contributed by atoms with Crippen LogP contribution in [0.2, 0.25) is 0 Å². The van der Waals surface area contributed by atoms with Gasteiger partial charge in [0.1, 0.15) is 11.6 Å². The fraction of sp³-hybridized carbons (Fsp3) is 0.500. The minimum absolute atomic E-state index is 0.102. The van der Waals surface area contributed by atoms with E-state index in [-0.39, 0.29) is 18.3 Å². The number of amides is 1. The van der Waals surface area contributed by atoms with E-state index in [0.717, 1.165) is 5.56 Å². The second-order valence-corrected chi connectivity index (χ2v) is 4.81. The summed E-state index contributed by atoms with van der Waals surface area (Å²) in [5.41, 5.74) is 0.778. The number of carbonyl (C=O) groups excluding carboxylic acids is 1. The fourth-order valence-corrected chi connectivity index (χ4v) is 1.53. The molecule has 2 N–H and O–H groups in total. The summed E-state index contributed by atoms with van der Waals surface area (Å²) in [6.45, 7) is 5.08. The molecule has 1 aromatic rings. The molecular formula is C14H21FN2O2. The van der Waals surface area contributed by atoms with Gasteiger partial charge in [-0.2, -0.15) is 0 Å². The van der Waals surface area contributed by atoms with Gasteiger partial charge in [-0.25, -0.2) is 4.39 Å². The first-order valence-corrected chi connectivity index (χ1v) is 6.35. The smallest absolute Gasteiger partial charge is 0.257 e. The van der Waals surface area contributed by atoms with E-state index >= 15 is 0 Å². The third-order valence-corrected chi connectivity index (χ3v) is 2.39. The Bertz CT molecular complexity index is 422. The van der Waals surface area contributed by atoms with Gasteiger partial charge < -0.3 is 15.4 Å². The molecule has 4 nitrogen and oxygen atoms in total. The van der Waals surface area contributed by atoms with Crippen molar-refractivity contribution in [3.8, 4) is 5.75 Å². The molecule has 0 atom stereocenters. The van der Waals surface area contributed by atoms with Crippen LogP contribution in [0.4, 0.5) is 4.39 Å². The summed E-state index contributed by atoms with van der Waals surface area (Å²) in [6, 6.07) is 4.42. The van der Waals surface area contributed by atoms with Crippen LogP contribution in [0.25, 0.3) is 0 Å². The van der Waals surface area contributed by atoms with Crippen molar-refractivity contribution in [3.63, 3.8) is 0 Å². The van der Waals surface area contributed by atoms with E-state index < -0.39 is 0 Å². The highest BCUT2D eigenvalue weighted by Gasteiger charge is 2.06. The lowest BCUT2D eigenvalue weighted by Crippen LogP contribution is -2.31. The molecule has 0 unspecified atom stereocenters. The van der Waals surface area contributed by atoms with Crippen molar-refractivity contribution in [3.05, 3.63) is 29.6 Å². The van der Waals surface area contributed by atoms with Crippen LogP contribution in [0.15, 0.2) is 18.2 Å². The van der Waals surface area contributed by atoms with Crippen molar-refractivity contribution < 1.29 is 13.9 Å². The normalized spacial score (nSPS) is 10.6. The number of hydrogen-bond donors (Lipinski definition) is 2. The summed E-state index contributed by atoms with van der Waals surface area (Å²) in [4.78, 5) is 11.5. The highest BCUT2D eigenvalue weighted by atomic mass is 19.1.